The Hall–Kier alpha value is -0.330. The summed E-state index contributed by atoms with van der Waals surface area (Å²) >= 11 is 0. The maximum Gasteiger partial charge on any atom is 0.132 e. The Morgan fingerprint density at radius 3 is 1.15 bits per heavy atom. The molecule has 0 N–H and O–H groups in total. The Morgan fingerprint density at radius 1 is 0.500 bits per heavy atom. The molecule has 0 saturated carbocycles. The molecule has 0 aromatic rings. The van der Waals surface area contributed by atoms with Gasteiger partial charge in [0.25, 0.3) is 0 Å². The van der Waals surface area contributed by atoms with Crippen LogP contribution in [0.1, 0.15) is 117 Å². The number of Topliss-reactive ketones (excluding diaryl/α,β-unsaturated/α-hetero) is 1. The van der Waals surface area contributed by atoms with Crippen molar-refractivity contribution in [3.63, 3.8) is 0 Å². The predicted octanol–water partition coefficient (Wildman–Crippen LogP) is 6.84. The summed E-state index contributed by atoms with van der Waals surface area (Å²) in [5.41, 5.74) is 0. The summed E-state index contributed by atoms with van der Waals surface area (Å²) < 4.78 is 0. The zero-order valence-corrected chi connectivity index (χ0v) is 14.2. The summed E-state index contributed by atoms with van der Waals surface area (Å²) in [5.74, 6) is 0.504. The van der Waals surface area contributed by atoms with Crippen LogP contribution >= 0.6 is 0 Å². The van der Waals surface area contributed by atoms with Crippen molar-refractivity contribution >= 4 is 5.78 Å². The third kappa shape index (κ3) is 15.7. The SMILES string of the molecule is CCCCCCCCCCCC(=O)CCCCCCC. The Balaban J connectivity index is 3.11. The van der Waals surface area contributed by atoms with Crippen molar-refractivity contribution in [2.75, 3.05) is 0 Å². The van der Waals surface area contributed by atoms with Gasteiger partial charge in [-0.25, -0.2) is 0 Å². The van der Waals surface area contributed by atoms with Crippen molar-refractivity contribution in [2.45, 2.75) is 117 Å². The lowest BCUT2D eigenvalue weighted by Gasteiger charge is -2.03. The number of rotatable bonds is 16. The maximum absolute atomic E-state index is 11.7. The molecule has 0 bridgehead atoms. The molecule has 0 fully saturated rings. The van der Waals surface area contributed by atoms with Gasteiger partial charge in [-0.2, -0.15) is 0 Å². The van der Waals surface area contributed by atoms with Gasteiger partial charge in [0.2, 0.25) is 0 Å². The van der Waals surface area contributed by atoms with E-state index in [0.29, 0.717) is 5.78 Å². The van der Waals surface area contributed by atoms with E-state index >= 15 is 0 Å². The van der Waals surface area contributed by atoms with Crippen LogP contribution in [-0.2, 0) is 4.79 Å². The average Bonchev–Trinajstić information content (AvgIpc) is 2.45. The highest BCUT2D eigenvalue weighted by atomic mass is 16.1. The second kappa shape index (κ2) is 16.7. The maximum atomic E-state index is 11.7. The minimum absolute atomic E-state index is 0.504. The Labute approximate surface area is 127 Å². The van der Waals surface area contributed by atoms with Crippen LogP contribution < -0.4 is 0 Å². The van der Waals surface area contributed by atoms with E-state index in [4.69, 9.17) is 0 Å². The molecule has 0 saturated heterocycles. The van der Waals surface area contributed by atoms with Crippen molar-refractivity contribution in [3.05, 3.63) is 0 Å². The van der Waals surface area contributed by atoms with Crippen LogP contribution in [-0.4, -0.2) is 5.78 Å². The van der Waals surface area contributed by atoms with E-state index < -0.39 is 0 Å². The fourth-order valence-electron chi connectivity index (χ4n) is 2.68. The summed E-state index contributed by atoms with van der Waals surface area (Å²) in [7, 11) is 0. The van der Waals surface area contributed by atoms with Gasteiger partial charge in [-0.05, 0) is 12.8 Å². The lowest BCUT2D eigenvalue weighted by atomic mass is 10.0. The van der Waals surface area contributed by atoms with Gasteiger partial charge < -0.3 is 0 Å². The van der Waals surface area contributed by atoms with Crippen molar-refractivity contribution in [3.8, 4) is 0 Å². The van der Waals surface area contributed by atoms with Gasteiger partial charge in [0.1, 0.15) is 5.78 Å². The largest absolute Gasteiger partial charge is 0.300 e. The Bertz CT molecular complexity index is 198. The second-order valence-corrected chi connectivity index (χ2v) is 6.28. The summed E-state index contributed by atoms with van der Waals surface area (Å²) in [6.07, 6.45) is 20.0. The molecular formula is C19H38O. The van der Waals surface area contributed by atoms with E-state index in [1.807, 2.05) is 0 Å². The monoisotopic (exact) mass is 282 g/mol. The number of carbonyl (C=O) groups is 1. The van der Waals surface area contributed by atoms with E-state index in [2.05, 4.69) is 13.8 Å². The molecule has 0 aromatic carbocycles. The van der Waals surface area contributed by atoms with E-state index in [0.717, 1.165) is 25.7 Å². The van der Waals surface area contributed by atoms with Crippen LogP contribution in [0.5, 0.6) is 0 Å². The Morgan fingerprint density at radius 2 is 0.800 bits per heavy atom. The quantitative estimate of drug-likeness (QED) is 0.283. The molecule has 0 aliphatic rings. The number of ketones is 1. The molecule has 0 spiro atoms. The first-order chi connectivity index (χ1) is 9.81. The molecule has 1 heteroatoms. The molecular weight excluding hydrogens is 244 g/mol. The fraction of sp³-hybridized carbons (Fsp3) is 0.947. The zero-order valence-electron chi connectivity index (χ0n) is 14.2. The van der Waals surface area contributed by atoms with Crippen molar-refractivity contribution in [1.82, 2.24) is 0 Å². The Kier molecular flexibility index (Phi) is 16.4. The topological polar surface area (TPSA) is 17.1 Å². The van der Waals surface area contributed by atoms with Crippen molar-refractivity contribution in [2.24, 2.45) is 0 Å². The molecule has 0 atom stereocenters. The molecule has 0 aliphatic carbocycles. The second-order valence-electron chi connectivity index (χ2n) is 6.28. The summed E-state index contributed by atoms with van der Waals surface area (Å²) in [4.78, 5) is 11.7. The van der Waals surface area contributed by atoms with Gasteiger partial charge in [-0.15, -0.1) is 0 Å². The van der Waals surface area contributed by atoms with Crippen LogP contribution in [0, 0.1) is 0 Å². The van der Waals surface area contributed by atoms with Crippen LogP contribution in [0.3, 0.4) is 0 Å². The number of hydrogen-bond donors (Lipinski definition) is 0. The van der Waals surface area contributed by atoms with E-state index in [9.17, 15) is 4.79 Å². The smallest absolute Gasteiger partial charge is 0.132 e. The molecule has 0 aromatic heterocycles. The minimum Gasteiger partial charge on any atom is -0.300 e. The average molecular weight is 283 g/mol. The van der Waals surface area contributed by atoms with Crippen LogP contribution in [0.15, 0.2) is 0 Å². The van der Waals surface area contributed by atoms with Crippen LogP contribution in [0.25, 0.3) is 0 Å². The number of unbranched alkanes of at least 4 members (excludes halogenated alkanes) is 12. The highest BCUT2D eigenvalue weighted by Crippen LogP contribution is 2.12. The standard InChI is InChI=1S/C19H38O/c1-3-5-7-9-10-11-12-14-16-18-19(20)17-15-13-8-6-4-2/h3-18H2,1-2H3. The summed E-state index contributed by atoms with van der Waals surface area (Å²) in [6.45, 7) is 4.50. The van der Waals surface area contributed by atoms with Gasteiger partial charge >= 0.3 is 0 Å². The normalized spacial score (nSPS) is 10.9. The van der Waals surface area contributed by atoms with Crippen LogP contribution in [0.2, 0.25) is 0 Å². The highest BCUT2D eigenvalue weighted by Gasteiger charge is 2.01. The molecule has 0 rings (SSSR count). The molecule has 0 aliphatic heterocycles. The van der Waals surface area contributed by atoms with Crippen molar-refractivity contribution in [1.29, 1.82) is 0 Å². The summed E-state index contributed by atoms with van der Waals surface area (Å²) in [5, 5.41) is 0. The molecule has 1 nitrogen and oxygen atoms in total. The third-order valence-corrected chi connectivity index (χ3v) is 4.12. The van der Waals surface area contributed by atoms with E-state index in [1.165, 1.54) is 77.0 Å². The molecule has 0 heterocycles. The summed E-state index contributed by atoms with van der Waals surface area (Å²) in [6, 6.07) is 0. The lowest BCUT2D eigenvalue weighted by molar-refractivity contribution is -0.119. The fourth-order valence-corrected chi connectivity index (χ4v) is 2.68. The number of carbonyl (C=O) groups excluding carboxylic acids is 1. The van der Waals surface area contributed by atoms with Crippen molar-refractivity contribution < 1.29 is 4.79 Å². The highest BCUT2D eigenvalue weighted by molar-refractivity contribution is 5.78. The first-order valence-electron chi connectivity index (χ1n) is 9.33. The molecule has 120 valence electrons. The third-order valence-electron chi connectivity index (χ3n) is 4.12. The molecule has 0 unspecified atom stereocenters. The minimum atomic E-state index is 0.504. The molecule has 0 amide bonds. The molecule has 20 heavy (non-hydrogen) atoms. The van der Waals surface area contributed by atoms with Gasteiger partial charge in [0, 0.05) is 12.8 Å². The van der Waals surface area contributed by atoms with Gasteiger partial charge in [-0.1, -0.05) is 90.9 Å². The first kappa shape index (κ1) is 19.7. The lowest BCUT2D eigenvalue weighted by Crippen LogP contribution is -1.97. The molecule has 0 radical (unpaired) electrons. The van der Waals surface area contributed by atoms with Gasteiger partial charge in [-0.3, -0.25) is 4.79 Å². The van der Waals surface area contributed by atoms with Gasteiger partial charge in [0.15, 0.2) is 0 Å². The zero-order chi connectivity index (χ0) is 14.9. The number of hydrogen-bond acceptors (Lipinski definition) is 1. The van der Waals surface area contributed by atoms with E-state index in [1.54, 1.807) is 0 Å². The predicted molar refractivity (Wildman–Crippen MR) is 90.2 cm³/mol. The van der Waals surface area contributed by atoms with Crippen LogP contribution in [0.4, 0.5) is 0 Å². The first-order valence-corrected chi connectivity index (χ1v) is 9.33. The van der Waals surface area contributed by atoms with Gasteiger partial charge in [0.05, 0.1) is 0 Å². The van der Waals surface area contributed by atoms with E-state index in [-0.39, 0.29) is 0 Å².